The van der Waals surface area contributed by atoms with Gasteiger partial charge in [0.2, 0.25) is 0 Å². The largest absolute Gasteiger partial charge is 0.342 e. The Hall–Kier alpha value is -1.86. The van der Waals surface area contributed by atoms with Crippen LogP contribution in [0.5, 0.6) is 0 Å². The van der Waals surface area contributed by atoms with Crippen LogP contribution in [0.15, 0.2) is 24.3 Å². The molecule has 1 amide bonds. The van der Waals surface area contributed by atoms with Crippen LogP contribution in [0.1, 0.15) is 36.2 Å². The van der Waals surface area contributed by atoms with E-state index in [2.05, 4.69) is 13.8 Å². The lowest BCUT2D eigenvalue weighted by Crippen LogP contribution is -2.34. The second kappa shape index (κ2) is 6.91. The van der Waals surface area contributed by atoms with Gasteiger partial charge in [-0.05, 0) is 30.5 Å². The van der Waals surface area contributed by atoms with Crippen molar-refractivity contribution >= 4 is 5.91 Å². The van der Waals surface area contributed by atoms with E-state index in [0.717, 1.165) is 6.42 Å². The molecule has 0 aliphatic heterocycles. The van der Waals surface area contributed by atoms with Gasteiger partial charge in [-0.3, -0.25) is 4.79 Å². The Morgan fingerprint density at radius 1 is 1.47 bits per heavy atom. The highest BCUT2D eigenvalue weighted by atomic mass is 16.2. The molecule has 1 rings (SSSR count). The van der Waals surface area contributed by atoms with Gasteiger partial charge < -0.3 is 10.6 Å². The number of amides is 1. The van der Waals surface area contributed by atoms with E-state index >= 15 is 0 Å². The first-order valence-electron chi connectivity index (χ1n) is 6.47. The molecular weight excluding hydrogens is 238 g/mol. The molecule has 0 heterocycles. The highest BCUT2D eigenvalue weighted by Gasteiger charge is 2.14. The minimum atomic E-state index is -0.0759. The molecule has 0 aliphatic carbocycles. The molecule has 1 unspecified atom stereocenters. The Morgan fingerprint density at radius 2 is 2.16 bits per heavy atom. The maximum absolute atomic E-state index is 12.2. The first-order valence-corrected chi connectivity index (χ1v) is 6.47. The van der Waals surface area contributed by atoms with Crippen molar-refractivity contribution in [2.24, 2.45) is 11.7 Å². The summed E-state index contributed by atoms with van der Waals surface area (Å²) >= 11 is 0. The van der Waals surface area contributed by atoms with Crippen molar-refractivity contribution in [3.05, 3.63) is 35.4 Å². The lowest BCUT2D eigenvalue weighted by Gasteiger charge is -2.21. The summed E-state index contributed by atoms with van der Waals surface area (Å²) < 4.78 is 0. The van der Waals surface area contributed by atoms with Crippen molar-refractivity contribution in [1.82, 2.24) is 4.90 Å². The third-order valence-corrected chi connectivity index (χ3v) is 3.24. The molecule has 0 fully saturated rings. The van der Waals surface area contributed by atoms with Crippen molar-refractivity contribution in [3.63, 3.8) is 0 Å². The monoisotopic (exact) mass is 259 g/mol. The predicted molar refractivity (Wildman–Crippen MR) is 75.5 cm³/mol. The number of nitriles is 1. The smallest absolute Gasteiger partial charge is 0.253 e. The average molecular weight is 259 g/mol. The van der Waals surface area contributed by atoms with E-state index in [0.29, 0.717) is 23.6 Å². The lowest BCUT2D eigenvalue weighted by molar-refractivity contribution is 0.0789. The molecule has 0 aliphatic rings. The summed E-state index contributed by atoms with van der Waals surface area (Å²) in [7, 11) is 1.76. The maximum Gasteiger partial charge on any atom is 0.253 e. The van der Waals surface area contributed by atoms with E-state index in [1.807, 2.05) is 6.07 Å². The molecule has 1 atom stereocenters. The van der Waals surface area contributed by atoms with Gasteiger partial charge >= 0.3 is 0 Å². The summed E-state index contributed by atoms with van der Waals surface area (Å²) in [5, 5.41) is 8.83. The van der Waals surface area contributed by atoms with Crippen molar-refractivity contribution in [3.8, 4) is 6.07 Å². The number of nitrogens with zero attached hydrogens (tertiary/aromatic N) is 2. The lowest BCUT2D eigenvalue weighted by atomic mass is 10.0. The number of carbonyl (C=O) groups excluding carboxylic acids is 1. The summed E-state index contributed by atoms with van der Waals surface area (Å²) in [5.74, 6) is 0.332. The second-order valence-corrected chi connectivity index (χ2v) is 5.12. The van der Waals surface area contributed by atoms with Gasteiger partial charge in [-0.15, -0.1) is 0 Å². The van der Waals surface area contributed by atoms with Crippen molar-refractivity contribution in [2.45, 2.75) is 26.3 Å². The normalized spacial score (nSPS) is 12.0. The van der Waals surface area contributed by atoms with Crippen LogP contribution >= 0.6 is 0 Å². The summed E-state index contributed by atoms with van der Waals surface area (Å²) in [4.78, 5) is 13.8. The van der Waals surface area contributed by atoms with Gasteiger partial charge in [0, 0.05) is 25.2 Å². The molecule has 0 aromatic heterocycles. The third kappa shape index (κ3) is 4.38. The Bertz CT molecular complexity index is 477. The predicted octanol–water partition coefficient (Wildman–Crippen LogP) is 2.00. The molecule has 1 aromatic carbocycles. The Kier molecular flexibility index (Phi) is 5.53. The molecule has 0 bridgehead atoms. The standard InChI is InChI=1S/C15H21N3O/c1-11(2)14(17)7-8-18(3)15(19)13-6-4-5-12(9-13)10-16/h4-6,9,11,14H,7-8,17H2,1-3H3. The van der Waals surface area contributed by atoms with Crippen LogP contribution in [0.4, 0.5) is 0 Å². The summed E-state index contributed by atoms with van der Waals surface area (Å²) in [6.45, 7) is 4.76. The fourth-order valence-corrected chi connectivity index (χ4v) is 1.72. The minimum Gasteiger partial charge on any atom is -0.342 e. The zero-order valence-electron chi connectivity index (χ0n) is 11.8. The van der Waals surface area contributed by atoms with Crippen LogP contribution in [0.25, 0.3) is 0 Å². The van der Waals surface area contributed by atoms with E-state index in [4.69, 9.17) is 11.0 Å². The van der Waals surface area contributed by atoms with Crippen molar-refractivity contribution in [2.75, 3.05) is 13.6 Å². The molecule has 2 N–H and O–H groups in total. The zero-order chi connectivity index (χ0) is 14.4. The molecule has 102 valence electrons. The average Bonchev–Trinajstić information content (AvgIpc) is 2.43. The Morgan fingerprint density at radius 3 is 2.74 bits per heavy atom. The van der Waals surface area contributed by atoms with Gasteiger partial charge in [-0.1, -0.05) is 19.9 Å². The van der Waals surface area contributed by atoms with Gasteiger partial charge in [-0.25, -0.2) is 0 Å². The van der Waals surface area contributed by atoms with E-state index in [1.165, 1.54) is 0 Å². The second-order valence-electron chi connectivity index (χ2n) is 5.12. The molecule has 0 saturated carbocycles. The number of hydrogen-bond acceptors (Lipinski definition) is 3. The first-order chi connectivity index (χ1) is 8.95. The number of hydrogen-bond donors (Lipinski definition) is 1. The number of rotatable bonds is 5. The molecule has 0 radical (unpaired) electrons. The molecule has 4 nitrogen and oxygen atoms in total. The van der Waals surface area contributed by atoms with Crippen LogP contribution in [0, 0.1) is 17.2 Å². The van der Waals surface area contributed by atoms with Crippen LogP contribution in [-0.4, -0.2) is 30.4 Å². The van der Waals surface area contributed by atoms with Gasteiger partial charge in [0.1, 0.15) is 0 Å². The van der Waals surface area contributed by atoms with E-state index in [-0.39, 0.29) is 11.9 Å². The SMILES string of the molecule is CC(C)C(N)CCN(C)C(=O)c1cccc(C#N)c1. The van der Waals surface area contributed by atoms with E-state index in [1.54, 1.807) is 36.2 Å². The van der Waals surface area contributed by atoms with Crippen molar-refractivity contribution in [1.29, 1.82) is 5.26 Å². The Balaban J connectivity index is 2.64. The number of carbonyl (C=O) groups is 1. The number of nitrogens with two attached hydrogens (primary N) is 1. The first kappa shape index (κ1) is 15.2. The third-order valence-electron chi connectivity index (χ3n) is 3.24. The minimum absolute atomic E-state index is 0.0759. The van der Waals surface area contributed by atoms with Crippen LogP contribution < -0.4 is 5.73 Å². The van der Waals surface area contributed by atoms with Crippen LogP contribution in [-0.2, 0) is 0 Å². The van der Waals surface area contributed by atoms with Crippen LogP contribution in [0.3, 0.4) is 0 Å². The highest BCUT2D eigenvalue weighted by molar-refractivity contribution is 5.94. The van der Waals surface area contributed by atoms with Gasteiger partial charge in [0.25, 0.3) is 5.91 Å². The summed E-state index contributed by atoms with van der Waals surface area (Å²) in [5.41, 5.74) is 7.01. The Labute approximate surface area is 114 Å². The maximum atomic E-state index is 12.2. The fraction of sp³-hybridized carbons (Fsp3) is 0.467. The summed E-state index contributed by atoms with van der Waals surface area (Å²) in [6.07, 6.45) is 0.776. The zero-order valence-corrected chi connectivity index (χ0v) is 11.8. The van der Waals surface area contributed by atoms with Gasteiger partial charge in [-0.2, -0.15) is 5.26 Å². The number of benzene rings is 1. The molecule has 0 spiro atoms. The van der Waals surface area contributed by atoms with E-state index in [9.17, 15) is 4.79 Å². The summed E-state index contributed by atoms with van der Waals surface area (Å²) in [6, 6.07) is 8.88. The molecule has 1 aromatic rings. The quantitative estimate of drug-likeness (QED) is 0.879. The van der Waals surface area contributed by atoms with Gasteiger partial charge in [0.05, 0.1) is 11.6 Å². The molecule has 0 saturated heterocycles. The molecule has 4 heteroatoms. The van der Waals surface area contributed by atoms with Gasteiger partial charge in [0.15, 0.2) is 0 Å². The molecule has 19 heavy (non-hydrogen) atoms. The topological polar surface area (TPSA) is 70.1 Å². The van der Waals surface area contributed by atoms with Crippen LogP contribution in [0.2, 0.25) is 0 Å². The van der Waals surface area contributed by atoms with E-state index < -0.39 is 0 Å². The fourth-order valence-electron chi connectivity index (χ4n) is 1.72. The molecular formula is C15H21N3O. The van der Waals surface area contributed by atoms with Crippen molar-refractivity contribution < 1.29 is 4.79 Å². The highest BCUT2D eigenvalue weighted by Crippen LogP contribution is 2.09.